The van der Waals surface area contributed by atoms with Crippen molar-refractivity contribution in [2.45, 2.75) is 6.04 Å². The molecule has 0 radical (unpaired) electrons. The number of hydrogen-bond donors (Lipinski definition) is 1. The zero-order valence-electron chi connectivity index (χ0n) is 6.43. The van der Waals surface area contributed by atoms with E-state index in [1.54, 1.807) is 0 Å². The molecule has 0 aliphatic heterocycles. The SMILES string of the molecule is C=CC(N=C=O)C(C=C)C(=O)O. The molecule has 0 bridgehead atoms. The molecule has 0 fully saturated rings. The van der Waals surface area contributed by atoms with Crippen LogP contribution >= 0.6 is 0 Å². The van der Waals surface area contributed by atoms with Gasteiger partial charge in [0, 0.05) is 0 Å². The molecule has 0 aromatic heterocycles. The first-order valence-electron chi connectivity index (χ1n) is 3.22. The number of aliphatic imine (C=N–C) groups is 1. The third kappa shape index (κ3) is 2.52. The van der Waals surface area contributed by atoms with Gasteiger partial charge in [-0.05, 0) is 0 Å². The fraction of sp³-hybridized carbons (Fsp3) is 0.250. The number of isocyanates is 1. The molecule has 0 amide bonds. The molecular formula is C8H9NO3. The Morgan fingerprint density at radius 1 is 1.50 bits per heavy atom. The van der Waals surface area contributed by atoms with Gasteiger partial charge in [0.05, 0.1) is 6.04 Å². The average molecular weight is 167 g/mol. The minimum atomic E-state index is -1.09. The second-order valence-electron chi connectivity index (χ2n) is 2.05. The standard InChI is InChI=1S/C8H9NO3/c1-3-6(8(11)12)7(4-2)9-5-10/h3-4,6-7H,1-2H2,(H,11,12). The van der Waals surface area contributed by atoms with Crippen LogP contribution in [0.4, 0.5) is 0 Å². The molecule has 2 atom stereocenters. The smallest absolute Gasteiger partial charge is 0.312 e. The number of carboxylic acid groups (broad SMARTS) is 1. The van der Waals surface area contributed by atoms with Crippen molar-refractivity contribution in [2.24, 2.45) is 10.9 Å². The van der Waals surface area contributed by atoms with Crippen molar-refractivity contribution in [1.82, 2.24) is 0 Å². The topological polar surface area (TPSA) is 66.7 Å². The van der Waals surface area contributed by atoms with Gasteiger partial charge in [-0.2, -0.15) is 4.99 Å². The highest BCUT2D eigenvalue weighted by molar-refractivity contribution is 5.73. The lowest BCUT2D eigenvalue weighted by molar-refractivity contribution is -0.140. The van der Waals surface area contributed by atoms with Gasteiger partial charge >= 0.3 is 5.97 Å². The lowest BCUT2D eigenvalue weighted by atomic mass is 10.0. The molecule has 0 saturated carbocycles. The quantitative estimate of drug-likeness (QED) is 0.373. The van der Waals surface area contributed by atoms with Crippen LogP contribution in [-0.2, 0) is 9.59 Å². The summed E-state index contributed by atoms with van der Waals surface area (Å²) in [6.45, 7) is 6.66. The Hall–Kier alpha value is -1.67. The fourth-order valence-corrected chi connectivity index (χ4v) is 0.727. The van der Waals surface area contributed by atoms with Crippen molar-refractivity contribution >= 4 is 12.0 Å². The van der Waals surface area contributed by atoms with Crippen molar-refractivity contribution < 1.29 is 14.7 Å². The number of rotatable bonds is 5. The van der Waals surface area contributed by atoms with E-state index in [4.69, 9.17) is 5.11 Å². The number of carboxylic acids is 1. The summed E-state index contributed by atoms with van der Waals surface area (Å²) in [4.78, 5) is 23.6. The van der Waals surface area contributed by atoms with E-state index in [-0.39, 0.29) is 0 Å². The van der Waals surface area contributed by atoms with Crippen molar-refractivity contribution in [3.8, 4) is 0 Å². The number of nitrogens with zero attached hydrogens (tertiary/aromatic N) is 1. The van der Waals surface area contributed by atoms with Crippen LogP contribution in [0.25, 0.3) is 0 Å². The Morgan fingerprint density at radius 2 is 2.08 bits per heavy atom. The molecule has 4 nitrogen and oxygen atoms in total. The van der Waals surface area contributed by atoms with E-state index < -0.39 is 17.9 Å². The first kappa shape index (κ1) is 10.3. The fourth-order valence-electron chi connectivity index (χ4n) is 0.727. The molecule has 12 heavy (non-hydrogen) atoms. The molecule has 0 aliphatic carbocycles. The molecule has 0 aromatic rings. The summed E-state index contributed by atoms with van der Waals surface area (Å²) in [5.41, 5.74) is 0. The predicted octanol–water partition coefficient (Wildman–Crippen LogP) is 0.764. The Labute approximate surface area is 69.9 Å². The van der Waals surface area contributed by atoms with E-state index in [2.05, 4.69) is 18.2 Å². The molecule has 0 spiro atoms. The zero-order valence-corrected chi connectivity index (χ0v) is 6.43. The number of carbonyl (C=O) groups is 1. The van der Waals surface area contributed by atoms with Crippen molar-refractivity contribution in [1.29, 1.82) is 0 Å². The van der Waals surface area contributed by atoms with Crippen LogP contribution in [0, 0.1) is 5.92 Å². The molecule has 1 N–H and O–H groups in total. The number of aliphatic carboxylic acids is 1. The van der Waals surface area contributed by atoms with Crippen LogP contribution in [0.2, 0.25) is 0 Å². The van der Waals surface area contributed by atoms with Gasteiger partial charge in [-0.3, -0.25) is 4.79 Å². The van der Waals surface area contributed by atoms with Crippen molar-refractivity contribution in [3.63, 3.8) is 0 Å². The summed E-state index contributed by atoms with van der Waals surface area (Å²) >= 11 is 0. The van der Waals surface area contributed by atoms with Crippen LogP contribution < -0.4 is 0 Å². The summed E-state index contributed by atoms with van der Waals surface area (Å²) in [6, 6.07) is -0.780. The zero-order chi connectivity index (χ0) is 9.56. The lowest BCUT2D eigenvalue weighted by Gasteiger charge is -2.09. The van der Waals surface area contributed by atoms with Crippen molar-refractivity contribution in [2.75, 3.05) is 0 Å². The summed E-state index contributed by atoms with van der Waals surface area (Å²) in [5, 5.41) is 8.59. The normalized spacial score (nSPS) is 13.7. The molecule has 0 saturated heterocycles. The van der Waals surface area contributed by atoms with Crippen LogP contribution in [0.5, 0.6) is 0 Å². The molecule has 64 valence electrons. The van der Waals surface area contributed by atoms with Gasteiger partial charge in [0.2, 0.25) is 6.08 Å². The van der Waals surface area contributed by atoms with E-state index in [1.165, 1.54) is 18.2 Å². The molecule has 0 rings (SSSR count). The van der Waals surface area contributed by atoms with Crippen LogP contribution in [0.3, 0.4) is 0 Å². The van der Waals surface area contributed by atoms with E-state index in [9.17, 15) is 9.59 Å². The highest BCUT2D eigenvalue weighted by Crippen LogP contribution is 2.09. The van der Waals surface area contributed by atoms with Gasteiger partial charge in [-0.15, -0.1) is 13.2 Å². The van der Waals surface area contributed by atoms with Gasteiger partial charge in [-0.1, -0.05) is 12.2 Å². The summed E-state index contributed by atoms with van der Waals surface area (Å²) < 4.78 is 0. The highest BCUT2D eigenvalue weighted by Gasteiger charge is 2.21. The van der Waals surface area contributed by atoms with Gasteiger partial charge in [0.15, 0.2) is 0 Å². The predicted molar refractivity (Wildman–Crippen MR) is 43.4 cm³/mol. The second kappa shape index (κ2) is 5.04. The number of hydrogen-bond acceptors (Lipinski definition) is 3. The molecular weight excluding hydrogens is 158 g/mol. The summed E-state index contributed by atoms with van der Waals surface area (Å²) in [5.74, 6) is -2.00. The third-order valence-corrected chi connectivity index (χ3v) is 1.35. The average Bonchev–Trinajstić information content (AvgIpc) is 2.03. The first-order chi connectivity index (χ1) is 5.67. The molecule has 0 aromatic carbocycles. The van der Waals surface area contributed by atoms with Gasteiger partial charge in [-0.25, -0.2) is 4.79 Å². The minimum absolute atomic E-state index is 0.780. The molecule has 2 unspecified atom stereocenters. The van der Waals surface area contributed by atoms with E-state index in [0.717, 1.165) is 0 Å². The second-order valence-corrected chi connectivity index (χ2v) is 2.05. The van der Waals surface area contributed by atoms with Gasteiger partial charge < -0.3 is 5.11 Å². The maximum atomic E-state index is 10.5. The van der Waals surface area contributed by atoms with Gasteiger partial charge in [0.1, 0.15) is 5.92 Å². The Balaban J connectivity index is 4.65. The molecule has 4 heteroatoms. The van der Waals surface area contributed by atoms with E-state index in [0.29, 0.717) is 0 Å². The minimum Gasteiger partial charge on any atom is -0.481 e. The molecule has 0 aliphatic rings. The Bertz CT molecular complexity index is 229. The maximum absolute atomic E-state index is 10.5. The number of carbonyl (C=O) groups excluding carboxylic acids is 1. The maximum Gasteiger partial charge on any atom is 0.312 e. The third-order valence-electron chi connectivity index (χ3n) is 1.35. The summed E-state index contributed by atoms with van der Waals surface area (Å²) in [6.07, 6.45) is 3.75. The monoisotopic (exact) mass is 167 g/mol. The van der Waals surface area contributed by atoms with E-state index >= 15 is 0 Å². The first-order valence-corrected chi connectivity index (χ1v) is 3.22. The largest absolute Gasteiger partial charge is 0.481 e. The van der Waals surface area contributed by atoms with Crippen molar-refractivity contribution in [3.05, 3.63) is 25.3 Å². The van der Waals surface area contributed by atoms with Gasteiger partial charge in [0.25, 0.3) is 0 Å². The Kier molecular flexibility index (Phi) is 4.34. The Morgan fingerprint density at radius 3 is 2.33 bits per heavy atom. The highest BCUT2D eigenvalue weighted by atomic mass is 16.4. The van der Waals surface area contributed by atoms with E-state index in [1.807, 2.05) is 0 Å². The van der Waals surface area contributed by atoms with Crippen LogP contribution in [-0.4, -0.2) is 23.2 Å². The summed E-state index contributed by atoms with van der Waals surface area (Å²) in [7, 11) is 0. The molecule has 0 heterocycles. The van der Waals surface area contributed by atoms with Crippen LogP contribution in [0.15, 0.2) is 30.3 Å². The lowest BCUT2D eigenvalue weighted by Crippen LogP contribution is -2.22. The van der Waals surface area contributed by atoms with Crippen LogP contribution in [0.1, 0.15) is 0 Å².